The van der Waals surface area contributed by atoms with E-state index in [-0.39, 0.29) is 5.69 Å². The summed E-state index contributed by atoms with van der Waals surface area (Å²) in [4.78, 5) is 8.13. The van der Waals surface area contributed by atoms with Gasteiger partial charge in [-0.25, -0.2) is 18.7 Å². The molecule has 1 aromatic heterocycles. The van der Waals surface area contributed by atoms with Crippen LogP contribution in [0.4, 0.5) is 31.8 Å². The van der Waals surface area contributed by atoms with Gasteiger partial charge in [-0.2, -0.15) is 0 Å². The molecule has 0 fully saturated rings. The summed E-state index contributed by atoms with van der Waals surface area (Å²) in [6, 6.07) is 12.5. The smallest absolute Gasteiger partial charge is 0.149 e. The van der Waals surface area contributed by atoms with Gasteiger partial charge in [-0.3, -0.25) is 0 Å². The van der Waals surface area contributed by atoms with Crippen LogP contribution in [-0.2, 0) is 0 Å². The maximum absolute atomic E-state index is 13.7. The fourth-order valence-electron chi connectivity index (χ4n) is 1.90. The molecule has 1 heterocycles. The number of benzene rings is 2. The first-order valence-corrected chi connectivity index (χ1v) is 7.46. The van der Waals surface area contributed by atoms with Crippen LogP contribution in [0.3, 0.4) is 0 Å². The van der Waals surface area contributed by atoms with Gasteiger partial charge in [0.15, 0.2) is 0 Å². The van der Waals surface area contributed by atoms with Crippen molar-refractivity contribution in [2.75, 3.05) is 10.6 Å². The highest BCUT2D eigenvalue weighted by atomic mass is 79.9. The predicted molar refractivity (Wildman–Crippen MR) is 89.1 cm³/mol. The Labute approximate surface area is 139 Å². The van der Waals surface area contributed by atoms with Gasteiger partial charge in [0.2, 0.25) is 0 Å². The molecule has 0 bridgehead atoms. The number of halogens is 3. The van der Waals surface area contributed by atoms with Gasteiger partial charge in [-0.05, 0) is 36.4 Å². The van der Waals surface area contributed by atoms with Gasteiger partial charge in [-0.1, -0.05) is 15.9 Å². The van der Waals surface area contributed by atoms with Crippen LogP contribution in [0.1, 0.15) is 0 Å². The molecular weight excluding hydrogens is 366 g/mol. The number of nitrogens with zero attached hydrogens (tertiary/aromatic N) is 2. The Morgan fingerprint density at radius 3 is 2.22 bits per heavy atom. The Balaban J connectivity index is 1.78. The summed E-state index contributed by atoms with van der Waals surface area (Å²) in [6.45, 7) is 0. The summed E-state index contributed by atoms with van der Waals surface area (Å²) in [5, 5.41) is 5.91. The van der Waals surface area contributed by atoms with Gasteiger partial charge >= 0.3 is 0 Å². The second-order valence-corrected chi connectivity index (χ2v) is 5.59. The Morgan fingerprint density at radius 1 is 0.826 bits per heavy atom. The molecule has 0 unspecified atom stereocenters. The topological polar surface area (TPSA) is 49.8 Å². The van der Waals surface area contributed by atoms with Crippen molar-refractivity contribution in [3.63, 3.8) is 0 Å². The number of anilines is 4. The van der Waals surface area contributed by atoms with E-state index in [1.807, 2.05) is 24.3 Å². The van der Waals surface area contributed by atoms with E-state index in [0.717, 1.165) is 16.2 Å². The molecule has 23 heavy (non-hydrogen) atoms. The molecule has 0 saturated heterocycles. The lowest BCUT2D eigenvalue weighted by Crippen LogP contribution is -2.00. The third kappa shape index (κ3) is 4.01. The molecule has 0 aliphatic heterocycles. The third-order valence-electron chi connectivity index (χ3n) is 2.98. The first kappa shape index (κ1) is 15.4. The molecule has 7 heteroatoms. The highest BCUT2D eigenvalue weighted by molar-refractivity contribution is 9.10. The number of nitrogens with one attached hydrogen (secondary N) is 2. The summed E-state index contributed by atoms with van der Waals surface area (Å²) < 4.78 is 27.5. The second-order valence-electron chi connectivity index (χ2n) is 4.67. The van der Waals surface area contributed by atoms with Gasteiger partial charge in [0.1, 0.15) is 29.6 Å². The number of aromatic nitrogens is 2. The maximum atomic E-state index is 13.7. The molecule has 0 amide bonds. The summed E-state index contributed by atoms with van der Waals surface area (Å²) in [7, 11) is 0. The average Bonchev–Trinajstić information content (AvgIpc) is 2.53. The van der Waals surface area contributed by atoms with Gasteiger partial charge < -0.3 is 10.6 Å². The predicted octanol–water partition coefficient (Wildman–Crippen LogP) is 5.00. The molecule has 3 rings (SSSR count). The molecule has 0 atom stereocenters. The van der Waals surface area contributed by atoms with E-state index in [0.29, 0.717) is 11.6 Å². The number of rotatable bonds is 4. The van der Waals surface area contributed by atoms with E-state index in [1.54, 1.807) is 6.07 Å². The van der Waals surface area contributed by atoms with Gasteiger partial charge in [-0.15, -0.1) is 0 Å². The van der Waals surface area contributed by atoms with Crippen LogP contribution in [0.15, 0.2) is 59.3 Å². The zero-order valence-corrected chi connectivity index (χ0v) is 13.3. The Hall–Kier alpha value is -2.54. The lowest BCUT2D eigenvalue weighted by Gasteiger charge is -2.09. The molecule has 0 aliphatic carbocycles. The van der Waals surface area contributed by atoms with E-state index < -0.39 is 11.6 Å². The van der Waals surface area contributed by atoms with Crippen LogP contribution in [0, 0.1) is 11.6 Å². The molecule has 116 valence electrons. The fraction of sp³-hybridized carbons (Fsp3) is 0. The molecule has 0 spiro atoms. The van der Waals surface area contributed by atoms with Gasteiger partial charge in [0.05, 0.1) is 5.69 Å². The standard InChI is InChI=1S/C16H11BrF2N4/c17-10-1-4-12(5-2-10)22-15-8-16(21-9-20-15)23-14-6-3-11(18)7-13(14)19/h1-9H,(H2,20,21,22,23). The first-order chi connectivity index (χ1) is 11.1. The maximum Gasteiger partial charge on any atom is 0.149 e. The summed E-state index contributed by atoms with van der Waals surface area (Å²) >= 11 is 3.37. The molecule has 0 saturated carbocycles. The molecule has 2 N–H and O–H groups in total. The van der Waals surface area contributed by atoms with Crippen LogP contribution in [0.25, 0.3) is 0 Å². The van der Waals surface area contributed by atoms with Crippen molar-refractivity contribution >= 4 is 38.9 Å². The van der Waals surface area contributed by atoms with Crippen molar-refractivity contribution in [1.82, 2.24) is 9.97 Å². The van der Waals surface area contributed by atoms with Gasteiger partial charge in [0, 0.05) is 22.3 Å². The second kappa shape index (κ2) is 6.70. The van der Waals surface area contributed by atoms with Gasteiger partial charge in [0.25, 0.3) is 0 Å². The minimum Gasteiger partial charge on any atom is -0.340 e. The minimum atomic E-state index is -0.689. The highest BCUT2D eigenvalue weighted by Gasteiger charge is 2.06. The molecule has 0 aliphatic rings. The van der Waals surface area contributed by atoms with Crippen molar-refractivity contribution in [2.45, 2.75) is 0 Å². The normalized spacial score (nSPS) is 10.4. The number of hydrogen-bond acceptors (Lipinski definition) is 4. The summed E-state index contributed by atoms with van der Waals surface area (Å²) in [5.41, 5.74) is 0.991. The van der Waals surface area contributed by atoms with E-state index in [2.05, 4.69) is 36.5 Å². The summed E-state index contributed by atoms with van der Waals surface area (Å²) in [6.07, 6.45) is 1.35. The van der Waals surface area contributed by atoms with E-state index >= 15 is 0 Å². The van der Waals surface area contributed by atoms with Crippen LogP contribution in [0.5, 0.6) is 0 Å². The zero-order chi connectivity index (χ0) is 16.2. The third-order valence-corrected chi connectivity index (χ3v) is 3.51. The monoisotopic (exact) mass is 376 g/mol. The highest BCUT2D eigenvalue weighted by Crippen LogP contribution is 2.22. The van der Waals surface area contributed by atoms with Crippen molar-refractivity contribution < 1.29 is 8.78 Å². The van der Waals surface area contributed by atoms with Crippen LogP contribution < -0.4 is 10.6 Å². The van der Waals surface area contributed by atoms with Crippen molar-refractivity contribution in [2.24, 2.45) is 0 Å². The minimum absolute atomic E-state index is 0.139. The fourth-order valence-corrected chi connectivity index (χ4v) is 2.17. The molecule has 2 aromatic carbocycles. The largest absolute Gasteiger partial charge is 0.340 e. The molecule has 4 nitrogen and oxygen atoms in total. The summed E-state index contributed by atoms with van der Waals surface area (Å²) in [5.74, 6) is -0.378. The lowest BCUT2D eigenvalue weighted by atomic mass is 10.3. The first-order valence-electron chi connectivity index (χ1n) is 6.67. The van der Waals surface area contributed by atoms with E-state index in [9.17, 15) is 8.78 Å². The molecule has 3 aromatic rings. The van der Waals surface area contributed by atoms with Crippen molar-refractivity contribution in [3.05, 3.63) is 71.0 Å². The Kier molecular flexibility index (Phi) is 4.47. The molecule has 0 radical (unpaired) electrons. The Morgan fingerprint density at radius 2 is 1.52 bits per heavy atom. The lowest BCUT2D eigenvalue weighted by molar-refractivity contribution is 0.586. The van der Waals surface area contributed by atoms with Crippen molar-refractivity contribution in [1.29, 1.82) is 0 Å². The average molecular weight is 377 g/mol. The van der Waals surface area contributed by atoms with Crippen LogP contribution >= 0.6 is 15.9 Å². The van der Waals surface area contributed by atoms with E-state index in [4.69, 9.17) is 0 Å². The van der Waals surface area contributed by atoms with Crippen LogP contribution in [-0.4, -0.2) is 9.97 Å². The van der Waals surface area contributed by atoms with Crippen LogP contribution in [0.2, 0.25) is 0 Å². The quantitative estimate of drug-likeness (QED) is 0.672. The zero-order valence-electron chi connectivity index (χ0n) is 11.7. The Bertz CT molecular complexity index is 825. The van der Waals surface area contributed by atoms with Crippen molar-refractivity contribution in [3.8, 4) is 0 Å². The van der Waals surface area contributed by atoms with E-state index in [1.165, 1.54) is 18.5 Å². The molecular formula is C16H11BrF2N4. The SMILES string of the molecule is Fc1ccc(Nc2cc(Nc3ccc(Br)cc3)ncn2)c(F)c1. The number of hydrogen-bond donors (Lipinski definition) is 2.